The zero-order valence-electron chi connectivity index (χ0n) is 18.0. The second-order valence-electron chi connectivity index (χ2n) is 8.19. The molecule has 0 spiro atoms. The number of fused-ring (bicyclic) bond motifs is 2. The number of alkyl halides is 3. The predicted molar refractivity (Wildman–Crippen MR) is 123 cm³/mol. The SMILES string of the molecule is CCSc1ccc2ccc(-c3nnc4ccc([C@@H](N5CCC(N)C5)C(F)(F)F)cn34)nc2c1. The van der Waals surface area contributed by atoms with Crippen molar-refractivity contribution in [3.05, 3.63) is 54.2 Å². The fourth-order valence-electron chi connectivity index (χ4n) is 4.38. The highest BCUT2D eigenvalue weighted by atomic mass is 32.2. The molecule has 1 aromatic carbocycles. The van der Waals surface area contributed by atoms with Gasteiger partial charge in [-0.05, 0) is 42.0 Å². The van der Waals surface area contributed by atoms with E-state index < -0.39 is 12.2 Å². The number of thioether (sulfide) groups is 1. The maximum absolute atomic E-state index is 14.1. The third kappa shape index (κ3) is 4.30. The van der Waals surface area contributed by atoms with E-state index >= 15 is 0 Å². The fourth-order valence-corrected chi connectivity index (χ4v) is 5.07. The van der Waals surface area contributed by atoms with Crippen LogP contribution in [0.15, 0.2) is 53.6 Å². The van der Waals surface area contributed by atoms with Crippen LogP contribution in [0.25, 0.3) is 28.1 Å². The Morgan fingerprint density at radius 2 is 1.97 bits per heavy atom. The highest BCUT2D eigenvalue weighted by Crippen LogP contribution is 2.39. The Morgan fingerprint density at radius 3 is 2.70 bits per heavy atom. The van der Waals surface area contributed by atoms with Crippen LogP contribution in [0.3, 0.4) is 0 Å². The first kappa shape index (κ1) is 22.1. The van der Waals surface area contributed by atoms with Crippen molar-refractivity contribution in [3.63, 3.8) is 0 Å². The number of pyridine rings is 2. The van der Waals surface area contributed by atoms with E-state index in [9.17, 15) is 13.2 Å². The summed E-state index contributed by atoms with van der Waals surface area (Å²) >= 11 is 1.72. The first-order valence-corrected chi connectivity index (χ1v) is 11.8. The lowest BCUT2D eigenvalue weighted by molar-refractivity contribution is -0.183. The molecule has 0 aliphatic carbocycles. The van der Waals surface area contributed by atoms with E-state index in [-0.39, 0.29) is 18.2 Å². The Kier molecular flexibility index (Phi) is 5.75. The highest BCUT2D eigenvalue weighted by Gasteiger charge is 2.46. The molecule has 1 unspecified atom stereocenters. The van der Waals surface area contributed by atoms with Crippen molar-refractivity contribution < 1.29 is 13.2 Å². The average molecular weight is 473 g/mol. The second kappa shape index (κ2) is 8.58. The molecule has 3 aromatic heterocycles. The van der Waals surface area contributed by atoms with Crippen LogP contribution >= 0.6 is 11.8 Å². The molecule has 1 aliphatic heterocycles. The number of aromatic nitrogens is 4. The van der Waals surface area contributed by atoms with E-state index in [0.717, 1.165) is 21.6 Å². The van der Waals surface area contributed by atoms with E-state index in [1.54, 1.807) is 22.2 Å². The minimum Gasteiger partial charge on any atom is -0.326 e. The van der Waals surface area contributed by atoms with Gasteiger partial charge in [-0.2, -0.15) is 13.2 Å². The summed E-state index contributed by atoms with van der Waals surface area (Å²) in [6.45, 7) is 2.60. The van der Waals surface area contributed by atoms with Gasteiger partial charge in [0, 0.05) is 35.6 Å². The Labute approximate surface area is 193 Å². The van der Waals surface area contributed by atoms with Crippen molar-refractivity contribution in [2.45, 2.75) is 36.5 Å². The van der Waals surface area contributed by atoms with Gasteiger partial charge >= 0.3 is 6.18 Å². The van der Waals surface area contributed by atoms with Crippen LogP contribution in [0.2, 0.25) is 0 Å². The first-order chi connectivity index (χ1) is 15.8. The third-order valence-corrected chi connectivity index (χ3v) is 6.75. The van der Waals surface area contributed by atoms with Gasteiger partial charge in [0.15, 0.2) is 11.5 Å². The van der Waals surface area contributed by atoms with Crippen LogP contribution in [-0.4, -0.2) is 55.5 Å². The topological polar surface area (TPSA) is 72.3 Å². The van der Waals surface area contributed by atoms with Crippen LogP contribution in [0.4, 0.5) is 13.2 Å². The molecule has 172 valence electrons. The maximum Gasteiger partial charge on any atom is 0.408 e. The molecule has 6 nitrogen and oxygen atoms in total. The Balaban J connectivity index is 1.58. The van der Waals surface area contributed by atoms with Crippen LogP contribution in [-0.2, 0) is 0 Å². The van der Waals surface area contributed by atoms with Crippen LogP contribution in [0, 0.1) is 0 Å². The predicted octanol–water partition coefficient (Wildman–Crippen LogP) is 4.69. The van der Waals surface area contributed by atoms with Crippen LogP contribution in [0.1, 0.15) is 24.9 Å². The number of hydrogen-bond donors (Lipinski definition) is 1. The molecule has 2 atom stereocenters. The largest absolute Gasteiger partial charge is 0.408 e. The van der Waals surface area contributed by atoms with Gasteiger partial charge in [0.1, 0.15) is 11.7 Å². The number of hydrogen-bond acceptors (Lipinski definition) is 6. The lowest BCUT2D eigenvalue weighted by Crippen LogP contribution is -2.38. The number of benzene rings is 1. The average Bonchev–Trinajstić information content (AvgIpc) is 3.38. The van der Waals surface area contributed by atoms with E-state index in [2.05, 4.69) is 23.2 Å². The molecule has 0 bridgehead atoms. The van der Waals surface area contributed by atoms with Gasteiger partial charge in [0.2, 0.25) is 0 Å². The van der Waals surface area contributed by atoms with Gasteiger partial charge < -0.3 is 5.73 Å². The molecule has 0 amide bonds. The molecular formula is C23H23F3N6S. The van der Waals surface area contributed by atoms with E-state index in [1.807, 2.05) is 24.3 Å². The monoisotopic (exact) mass is 472 g/mol. The molecule has 33 heavy (non-hydrogen) atoms. The van der Waals surface area contributed by atoms with Crippen LogP contribution < -0.4 is 5.73 Å². The molecule has 10 heteroatoms. The standard InChI is InChI=1S/C23H23F3N6S/c1-2-33-17-6-3-14-4-7-18(28-19(14)11-17)22-30-29-20-8-5-15(12-32(20)22)21(23(24,25)26)31-10-9-16(27)13-31/h3-8,11-12,16,21H,2,9-10,13,27H2,1H3/t16?,21-/m1/s1. The molecule has 4 heterocycles. The van der Waals surface area contributed by atoms with Gasteiger partial charge in [-0.1, -0.05) is 25.1 Å². The molecule has 0 radical (unpaired) electrons. The smallest absolute Gasteiger partial charge is 0.326 e. The highest BCUT2D eigenvalue weighted by molar-refractivity contribution is 7.99. The maximum atomic E-state index is 14.1. The quantitative estimate of drug-likeness (QED) is 0.425. The molecule has 1 aliphatic rings. The van der Waals surface area contributed by atoms with Crippen molar-refractivity contribution in [1.82, 2.24) is 24.5 Å². The number of likely N-dealkylation sites (tertiary alicyclic amines) is 1. The number of nitrogens with zero attached hydrogens (tertiary/aromatic N) is 5. The van der Waals surface area contributed by atoms with E-state index in [1.165, 1.54) is 17.2 Å². The van der Waals surface area contributed by atoms with Gasteiger partial charge in [-0.15, -0.1) is 22.0 Å². The van der Waals surface area contributed by atoms with E-state index in [4.69, 9.17) is 10.7 Å². The second-order valence-corrected chi connectivity index (χ2v) is 9.52. The molecule has 1 saturated heterocycles. The van der Waals surface area contributed by atoms with Crippen molar-refractivity contribution >= 4 is 28.3 Å². The van der Waals surface area contributed by atoms with Gasteiger partial charge in [0.25, 0.3) is 0 Å². The summed E-state index contributed by atoms with van der Waals surface area (Å²) in [4.78, 5) is 7.25. The minimum atomic E-state index is -4.43. The first-order valence-electron chi connectivity index (χ1n) is 10.8. The van der Waals surface area contributed by atoms with Crippen molar-refractivity contribution in [3.8, 4) is 11.5 Å². The summed E-state index contributed by atoms with van der Waals surface area (Å²) in [7, 11) is 0. The summed E-state index contributed by atoms with van der Waals surface area (Å²) in [5.74, 6) is 1.35. The van der Waals surface area contributed by atoms with Crippen molar-refractivity contribution in [2.24, 2.45) is 5.73 Å². The Bertz CT molecular complexity index is 1300. The summed E-state index contributed by atoms with van der Waals surface area (Å²) in [6, 6.07) is 10.9. The lowest BCUT2D eigenvalue weighted by Gasteiger charge is -2.30. The zero-order valence-corrected chi connectivity index (χ0v) is 18.8. The Hall–Kier alpha value is -2.69. The molecular weight excluding hydrogens is 449 g/mol. The van der Waals surface area contributed by atoms with Gasteiger partial charge in [-0.25, -0.2) is 4.98 Å². The molecule has 0 saturated carbocycles. The van der Waals surface area contributed by atoms with Crippen LogP contribution in [0.5, 0.6) is 0 Å². The lowest BCUT2D eigenvalue weighted by atomic mass is 10.1. The Morgan fingerprint density at radius 1 is 1.15 bits per heavy atom. The molecule has 5 rings (SSSR count). The van der Waals surface area contributed by atoms with Gasteiger partial charge in [0.05, 0.1) is 5.52 Å². The zero-order chi connectivity index (χ0) is 23.2. The van der Waals surface area contributed by atoms with E-state index in [0.29, 0.717) is 30.1 Å². The van der Waals surface area contributed by atoms with Crippen molar-refractivity contribution in [1.29, 1.82) is 0 Å². The minimum absolute atomic E-state index is 0.132. The molecule has 1 fully saturated rings. The van der Waals surface area contributed by atoms with Gasteiger partial charge in [-0.3, -0.25) is 9.30 Å². The molecule has 2 N–H and O–H groups in total. The normalized spacial score (nSPS) is 18.4. The summed E-state index contributed by atoms with van der Waals surface area (Å²) in [5.41, 5.74) is 7.84. The summed E-state index contributed by atoms with van der Waals surface area (Å²) < 4.78 is 43.8. The summed E-state index contributed by atoms with van der Waals surface area (Å²) in [6.07, 6.45) is -2.41. The number of nitrogens with two attached hydrogens (primary N) is 1. The number of rotatable bonds is 5. The molecule has 4 aromatic rings. The third-order valence-electron chi connectivity index (χ3n) is 5.88. The number of halogens is 3. The fraction of sp³-hybridized carbons (Fsp3) is 0.348. The van der Waals surface area contributed by atoms with Crippen molar-refractivity contribution in [2.75, 3.05) is 18.8 Å². The summed E-state index contributed by atoms with van der Waals surface area (Å²) in [5, 5.41) is 9.36.